The predicted molar refractivity (Wildman–Crippen MR) is 111 cm³/mol. The van der Waals surface area contributed by atoms with Gasteiger partial charge in [0.25, 0.3) is 0 Å². The highest BCUT2D eigenvalue weighted by Gasteiger charge is 2.37. The first-order valence-corrected chi connectivity index (χ1v) is 9.28. The van der Waals surface area contributed by atoms with E-state index in [4.69, 9.17) is 5.11 Å². The monoisotopic (exact) mass is 363 g/mol. The van der Waals surface area contributed by atoms with Crippen LogP contribution in [-0.2, 0) is 10.8 Å². The summed E-state index contributed by atoms with van der Waals surface area (Å²) in [5.41, 5.74) is 6.13. The van der Waals surface area contributed by atoms with Gasteiger partial charge in [-0.3, -0.25) is 0 Å². The van der Waals surface area contributed by atoms with E-state index < -0.39 is 5.97 Å². The first-order valence-electron chi connectivity index (χ1n) is 9.28. The summed E-state index contributed by atoms with van der Waals surface area (Å²) in [6.45, 7) is 9.09. The van der Waals surface area contributed by atoms with Crippen LogP contribution in [0.15, 0.2) is 41.6 Å². The number of oxime groups is 1. The highest BCUT2D eigenvalue weighted by molar-refractivity contribution is 6.38. The Bertz CT molecular complexity index is 927. The third-order valence-electron chi connectivity index (χ3n) is 5.96. The van der Waals surface area contributed by atoms with Crippen molar-refractivity contribution in [2.24, 2.45) is 5.16 Å². The van der Waals surface area contributed by atoms with E-state index in [0.29, 0.717) is 11.3 Å². The minimum Gasteiger partial charge on any atom is -0.478 e. The van der Waals surface area contributed by atoms with Crippen LogP contribution in [0.25, 0.3) is 0 Å². The molecule has 0 aromatic heterocycles. The molecular weight excluding hydrogens is 337 g/mol. The van der Waals surface area contributed by atoms with Crippen LogP contribution in [0.2, 0.25) is 0 Å². The number of hydrogen-bond donors (Lipinski definition) is 2. The number of rotatable bonds is 3. The van der Waals surface area contributed by atoms with Crippen LogP contribution in [0.3, 0.4) is 0 Å². The number of aromatic carboxylic acids is 1. The summed E-state index contributed by atoms with van der Waals surface area (Å²) >= 11 is 0. The number of carboxylic acid groups (broad SMARTS) is 1. The van der Waals surface area contributed by atoms with E-state index in [0.717, 1.165) is 23.9 Å². The second-order valence-corrected chi connectivity index (χ2v) is 8.81. The van der Waals surface area contributed by atoms with Gasteiger partial charge in [-0.2, -0.15) is 0 Å². The van der Waals surface area contributed by atoms with Gasteiger partial charge in [0.05, 0.1) is 5.56 Å². The molecule has 2 aromatic carbocycles. The smallest absolute Gasteiger partial charge is 0.335 e. The molecule has 2 aromatic rings. The van der Waals surface area contributed by atoms with Crippen LogP contribution in [0.1, 0.15) is 73.1 Å². The van der Waals surface area contributed by atoms with Crippen molar-refractivity contribution in [3.63, 3.8) is 0 Å². The van der Waals surface area contributed by atoms with Crippen LogP contribution in [-0.4, -0.2) is 29.8 Å². The minimum atomic E-state index is -0.974. The Kier molecular flexibility index (Phi) is 4.67. The van der Waals surface area contributed by atoms with Crippen molar-refractivity contribution in [2.45, 2.75) is 51.4 Å². The van der Waals surface area contributed by atoms with Crippen LogP contribution in [0.5, 0.6) is 0 Å². The molecule has 1 aliphatic rings. The second kappa shape index (κ2) is 6.56. The lowest BCUT2D eigenvalue weighted by molar-refractivity contribution is 0.0697. The van der Waals surface area contributed by atoms with Gasteiger partial charge < -0.3 is 10.3 Å². The summed E-state index contributed by atoms with van der Waals surface area (Å²) in [6, 6.07) is 10.8. The zero-order valence-corrected chi connectivity index (χ0v) is 16.6. The molecule has 140 valence electrons. The molecule has 4 nitrogen and oxygen atoms in total. The average molecular weight is 363 g/mol. The van der Waals surface area contributed by atoms with E-state index in [2.05, 4.69) is 45.0 Å². The van der Waals surface area contributed by atoms with E-state index >= 15 is 0 Å². The van der Waals surface area contributed by atoms with Crippen molar-refractivity contribution >= 4 is 25.0 Å². The van der Waals surface area contributed by atoms with Crippen molar-refractivity contribution in [3.8, 4) is 0 Å². The predicted octanol–water partition coefficient (Wildman–Crippen LogP) is 3.22. The fourth-order valence-electron chi connectivity index (χ4n) is 4.02. The summed E-state index contributed by atoms with van der Waals surface area (Å²) in [7, 11) is 2.03. The van der Waals surface area contributed by atoms with Gasteiger partial charge >= 0.3 is 5.97 Å². The summed E-state index contributed by atoms with van der Waals surface area (Å²) in [6.07, 6.45) is 2.25. The Hall–Kier alpha value is -2.56. The maximum atomic E-state index is 11.1. The molecule has 0 spiro atoms. The Labute approximate surface area is 161 Å². The van der Waals surface area contributed by atoms with Crippen LogP contribution in [0.4, 0.5) is 0 Å². The third-order valence-corrected chi connectivity index (χ3v) is 5.96. The standard InChI is InChI=1S/C22H26BNO3/c1-21(2)9-10-22(3,4)17-12-18(23)15(11-16(17)21)19(24-27)13-5-7-14(8-6-13)20(25)26/h5-8,11-12,27H,9-10,23H2,1-4H3,(H,25,26)/b24-19+. The first-order chi connectivity index (χ1) is 12.6. The molecule has 2 N–H and O–H groups in total. The summed E-state index contributed by atoms with van der Waals surface area (Å²) in [5, 5.41) is 22.4. The van der Waals surface area contributed by atoms with Crippen LogP contribution < -0.4 is 5.46 Å². The third kappa shape index (κ3) is 3.38. The lowest BCUT2D eigenvalue weighted by Crippen LogP contribution is -2.36. The summed E-state index contributed by atoms with van der Waals surface area (Å²) < 4.78 is 0. The van der Waals surface area contributed by atoms with E-state index in [1.54, 1.807) is 12.1 Å². The SMILES string of the molecule is Bc1cc2c(cc1/C(=N/O)c1ccc(C(=O)O)cc1)C(C)(C)CCC2(C)C. The van der Waals surface area contributed by atoms with E-state index in [1.165, 1.54) is 23.3 Å². The average Bonchev–Trinajstić information content (AvgIpc) is 2.61. The van der Waals surface area contributed by atoms with E-state index in [9.17, 15) is 10.0 Å². The molecule has 0 atom stereocenters. The zero-order chi connectivity index (χ0) is 20.0. The van der Waals surface area contributed by atoms with Crippen molar-refractivity contribution in [3.05, 3.63) is 64.2 Å². The maximum absolute atomic E-state index is 11.1. The Balaban J connectivity index is 2.15. The number of carboxylic acids is 1. The number of carbonyl (C=O) groups is 1. The van der Waals surface area contributed by atoms with Gasteiger partial charge in [-0.05, 0) is 58.6 Å². The molecule has 27 heavy (non-hydrogen) atoms. The van der Waals surface area contributed by atoms with E-state index in [1.807, 2.05) is 7.85 Å². The van der Waals surface area contributed by atoms with Crippen LogP contribution in [0, 0.1) is 0 Å². The number of nitrogens with zero attached hydrogens (tertiary/aromatic N) is 1. The highest BCUT2D eigenvalue weighted by atomic mass is 16.4. The first kappa shape index (κ1) is 19.2. The van der Waals surface area contributed by atoms with Gasteiger partial charge in [-0.1, -0.05) is 56.5 Å². The molecule has 1 aliphatic carbocycles. The summed E-state index contributed by atoms with van der Waals surface area (Å²) in [5.74, 6) is -0.974. The quantitative estimate of drug-likeness (QED) is 0.381. The van der Waals surface area contributed by atoms with Crippen molar-refractivity contribution in [2.75, 3.05) is 0 Å². The van der Waals surface area contributed by atoms with Crippen molar-refractivity contribution in [1.29, 1.82) is 0 Å². The molecule has 0 radical (unpaired) electrons. The normalized spacial score (nSPS) is 18.0. The molecular formula is C22H26BNO3. The Morgan fingerprint density at radius 2 is 1.44 bits per heavy atom. The fraction of sp³-hybridized carbons (Fsp3) is 0.364. The molecule has 0 saturated heterocycles. The number of fused-ring (bicyclic) bond motifs is 1. The Morgan fingerprint density at radius 3 is 1.93 bits per heavy atom. The van der Waals surface area contributed by atoms with Gasteiger partial charge in [0.15, 0.2) is 0 Å². The van der Waals surface area contributed by atoms with Gasteiger partial charge in [-0.15, -0.1) is 0 Å². The van der Waals surface area contributed by atoms with Gasteiger partial charge in [-0.25, -0.2) is 4.79 Å². The zero-order valence-electron chi connectivity index (χ0n) is 16.6. The highest BCUT2D eigenvalue weighted by Crippen LogP contribution is 2.45. The lowest BCUT2D eigenvalue weighted by atomic mass is 9.61. The van der Waals surface area contributed by atoms with Gasteiger partial charge in [0.2, 0.25) is 0 Å². The molecule has 0 unspecified atom stereocenters. The topological polar surface area (TPSA) is 69.9 Å². The second-order valence-electron chi connectivity index (χ2n) is 8.81. The molecule has 0 amide bonds. The molecule has 0 fully saturated rings. The van der Waals surface area contributed by atoms with Crippen molar-refractivity contribution in [1.82, 2.24) is 0 Å². The minimum absolute atomic E-state index is 0.0566. The molecule has 0 saturated carbocycles. The van der Waals surface area contributed by atoms with Gasteiger partial charge in [0, 0.05) is 5.56 Å². The Morgan fingerprint density at radius 1 is 0.963 bits per heavy atom. The fourth-order valence-corrected chi connectivity index (χ4v) is 4.02. The number of benzene rings is 2. The molecule has 3 rings (SSSR count). The molecule has 5 heteroatoms. The number of hydrogen-bond acceptors (Lipinski definition) is 3. The molecule has 0 bridgehead atoms. The van der Waals surface area contributed by atoms with Crippen molar-refractivity contribution < 1.29 is 15.1 Å². The maximum Gasteiger partial charge on any atom is 0.335 e. The van der Waals surface area contributed by atoms with Gasteiger partial charge in [0.1, 0.15) is 13.6 Å². The largest absolute Gasteiger partial charge is 0.478 e. The summed E-state index contributed by atoms with van der Waals surface area (Å²) in [4.78, 5) is 11.1. The van der Waals surface area contributed by atoms with Crippen LogP contribution >= 0.6 is 0 Å². The molecule has 0 aliphatic heterocycles. The van der Waals surface area contributed by atoms with E-state index in [-0.39, 0.29) is 16.4 Å². The molecule has 0 heterocycles. The lowest BCUT2D eigenvalue weighted by Gasteiger charge is -2.42.